The minimum atomic E-state index is -0.217. The molecule has 22 heavy (non-hydrogen) atoms. The average molecular weight is 298 g/mol. The van der Waals surface area contributed by atoms with Crippen LogP contribution in [0.2, 0.25) is 0 Å². The van der Waals surface area contributed by atoms with Gasteiger partial charge in [-0.2, -0.15) is 0 Å². The predicted molar refractivity (Wildman–Crippen MR) is 87.7 cm³/mol. The number of amides is 1. The van der Waals surface area contributed by atoms with Crippen molar-refractivity contribution < 1.29 is 4.79 Å². The molecule has 1 amide bonds. The standard InChI is InChI=1S/C17H22N4O/c1-12(2)10-18-16-9-8-15(20-21-16)17(22)19-11-14-7-5-4-6-13(14)3/h4-9,12H,10-11H2,1-3H3,(H,18,21)(H,19,22). The Balaban J connectivity index is 1.91. The molecule has 0 saturated carbocycles. The highest BCUT2D eigenvalue weighted by molar-refractivity contribution is 5.92. The first kappa shape index (κ1) is 15.9. The molecule has 0 fully saturated rings. The van der Waals surface area contributed by atoms with Crippen molar-refractivity contribution in [3.05, 3.63) is 53.2 Å². The van der Waals surface area contributed by atoms with E-state index in [1.54, 1.807) is 12.1 Å². The van der Waals surface area contributed by atoms with Crippen LogP contribution in [-0.4, -0.2) is 22.6 Å². The SMILES string of the molecule is Cc1ccccc1CNC(=O)c1ccc(NCC(C)C)nn1. The third kappa shape index (κ3) is 4.55. The Morgan fingerprint density at radius 3 is 2.55 bits per heavy atom. The van der Waals surface area contributed by atoms with E-state index in [0.717, 1.165) is 17.7 Å². The lowest BCUT2D eigenvalue weighted by atomic mass is 10.1. The Morgan fingerprint density at radius 1 is 1.14 bits per heavy atom. The molecular formula is C17H22N4O. The summed E-state index contributed by atoms with van der Waals surface area (Å²) in [6, 6.07) is 11.4. The monoisotopic (exact) mass is 298 g/mol. The van der Waals surface area contributed by atoms with Crippen molar-refractivity contribution in [1.29, 1.82) is 0 Å². The molecule has 0 aliphatic carbocycles. The molecule has 1 aromatic carbocycles. The second-order valence-corrected chi connectivity index (χ2v) is 5.69. The molecule has 0 aliphatic rings. The molecule has 1 heterocycles. The van der Waals surface area contributed by atoms with Crippen molar-refractivity contribution in [1.82, 2.24) is 15.5 Å². The van der Waals surface area contributed by atoms with Crippen LogP contribution >= 0.6 is 0 Å². The van der Waals surface area contributed by atoms with Gasteiger partial charge >= 0.3 is 0 Å². The third-order valence-electron chi connectivity index (χ3n) is 3.29. The quantitative estimate of drug-likeness (QED) is 0.860. The van der Waals surface area contributed by atoms with Gasteiger partial charge in [0.2, 0.25) is 0 Å². The molecule has 0 saturated heterocycles. The second kappa shape index (κ2) is 7.54. The Morgan fingerprint density at radius 2 is 1.91 bits per heavy atom. The number of benzene rings is 1. The highest BCUT2D eigenvalue weighted by atomic mass is 16.1. The van der Waals surface area contributed by atoms with Gasteiger partial charge < -0.3 is 10.6 Å². The topological polar surface area (TPSA) is 66.9 Å². The summed E-state index contributed by atoms with van der Waals surface area (Å²) in [5.41, 5.74) is 2.57. The van der Waals surface area contributed by atoms with Crippen LogP contribution < -0.4 is 10.6 Å². The zero-order valence-electron chi connectivity index (χ0n) is 13.3. The molecule has 0 atom stereocenters. The molecule has 2 rings (SSSR count). The van der Waals surface area contributed by atoms with Gasteiger partial charge in [0.1, 0.15) is 5.82 Å². The van der Waals surface area contributed by atoms with Crippen molar-refractivity contribution >= 4 is 11.7 Å². The molecular weight excluding hydrogens is 276 g/mol. The number of rotatable bonds is 6. The van der Waals surface area contributed by atoms with Gasteiger partial charge in [-0.05, 0) is 36.1 Å². The Kier molecular flexibility index (Phi) is 5.47. The first-order valence-electron chi connectivity index (χ1n) is 7.46. The van der Waals surface area contributed by atoms with Crippen LogP contribution in [0.1, 0.15) is 35.5 Å². The maximum absolute atomic E-state index is 12.1. The number of aryl methyl sites for hydroxylation is 1. The van der Waals surface area contributed by atoms with Gasteiger partial charge in [-0.3, -0.25) is 4.79 Å². The molecule has 2 aromatic rings. The summed E-state index contributed by atoms with van der Waals surface area (Å²) < 4.78 is 0. The summed E-state index contributed by atoms with van der Waals surface area (Å²) in [5.74, 6) is 0.995. The molecule has 0 radical (unpaired) electrons. The normalized spacial score (nSPS) is 10.5. The molecule has 2 N–H and O–H groups in total. The molecule has 0 bridgehead atoms. The van der Waals surface area contributed by atoms with E-state index in [1.165, 1.54) is 0 Å². The zero-order valence-corrected chi connectivity index (χ0v) is 13.3. The van der Waals surface area contributed by atoms with Gasteiger partial charge in [-0.1, -0.05) is 38.1 Å². The molecule has 5 nitrogen and oxygen atoms in total. The Labute approximate surface area is 131 Å². The average Bonchev–Trinajstić information content (AvgIpc) is 2.52. The van der Waals surface area contributed by atoms with Crippen LogP contribution in [0.4, 0.5) is 5.82 Å². The van der Waals surface area contributed by atoms with E-state index >= 15 is 0 Å². The zero-order chi connectivity index (χ0) is 15.9. The number of aromatic nitrogens is 2. The van der Waals surface area contributed by atoms with E-state index < -0.39 is 0 Å². The molecule has 116 valence electrons. The summed E-state index contributed by atoms with van der Waals surface area (Å²) in [5, 5.41) is 14.0. The van der Waals surface area contributed by atoms with Crippen molar-refractivity contribution in [3.63, 3.8) is 0 Å². The van der Waals surface area contributed by atoms with Gasteiger partial charge in [-0.25, -0.2) is 0 Å². The Bertz CT molecular complexity index is 623. The lowest BCUT2D eigenvalue weighted by Gasteiger charge is -2.09. The van der Waals surface area contributed by atoms with Gasteiger partial charge in [0.05, 0.1) is 0 Å². The number of anilines is 1. The number of nitrogens with one attached hydrogen (secondary N) is 2. The highest BCUT2D eigenvalue weighted by Gasteiger charge is 2.08. The number of hydrogen-bond donors (Lipinski definition) is 2. The third-order valence-corrected chi connectivity index (χ3v) is 3.29. The van der Waals surface area contributed by atoms with Crippen LogP contribution in [0.25, 0.3) is 0 Å². The van der Waals surface area contributed by atoms with Gasteiger partial charge in [0.25, 0.3) is 5.91 Å². The largest absolute Gasteiger partial charge is 0.368 e. The molecule has 0 unspecified atom stereocenters. The number of hydrogen-bond acceptors (Lipinski definition) is 4. The van der Waals surface area contributed by atoms with Gasteiger partial charge in [0, 0.05) is 13.1 Å². The number of carbonyl (C=O) groups is 1. The van der Waals surface area contributed by atoms with Crippen LogP contribution in [0, 0.1) is 12.8 Å². The summed E-state index contributed by atoms with van der Waals surface area (Å²) in [6.45, 7) is 7.58. The fourth-order valence-electron chi connectivity index (χ4n) is 1.93. The highest BCUT2D eigenvalue weighted by Crippen LogP contribution is 2.07. The fraction of sp³-hybridized carbons (Fsp3) is 0.353. The van der Waals surface area contributed by atoms with E-state index in [2.05, 4.69) is 34.7 Å². The van der Waals surface area contributed by atoms with E-state index in [9.17, 15) is 4.79 Å². The van der Waals surface area contributed by atoms with Crippen molar-refractivity contribution in [2.75, 3.05) is 11.9 Å². The van der Waals surface area contributed by atoms with Crippen molar-refractivity contribution in [3.8, 4) is 0 Å². The summed E-state index contributed by atoms with van der Waals surface area (Å²) in [7, 11) is 0. The van der Waals surface area contributed by atoms with E-state index in [1.807, 2.05) is 31.2 Å². The van der Waals surface area contributed by atoms with Crippen LogP contribution in [0.15, 0.2) is 36.4 Å². The summed E-state index contributed by atoms with van der Waals surface area (Å²) in [4.78, 5) is 12.1. The maximum atomic E-state index is 12.1. The van der Waals surface area contributed by atoms with Crippen molar-refractivity contribution in [2.24, 2.45) is 5.92 Å². The predicted octanol–water partition coefficient (Wildman–Crippen LogP) is 2.78. The minimum Gasteiger partial charge on any atom is -0.368 e. The van der Waals surface area contributed by atoms with Crippen molar-refractivity contribution in [2.45, 2.75) is 27.3 Å². The van der Waals surface area contributed by atoms with E-state index in [-0.39, 0.29) is 5.91 Å². The van der Waals surface area contributed by atoms with E-state index in [0.29, 0.717) is 24.0 Å². The Hall–Kier alpha value is -2.43. The lowest BCUT2D eigenvalue weighted by molar-refractivity contribution is 0.0945. The summed E-state index contributed by atoms with van der Waals surface area (Å²) >= 11 is 0. The van der Waals surface area contributed by atoms with Crippen LogP contribution in [0.3, 0.4) is 0 Å². The first-order chi connectivity index (χ1) is 10.6. The molecule has 1 aromatic heterocycles. The van der Waals surface area contributed by atoms with Crippen LogP contribution in [0.5, 0.6) is 0 Å². The summed E-state index contributed by atoms with van der Waals surface area (Å²) in [6.07, 6.45) is 0. The van der Waals surface area contributed by atoms with Crippen LogP contribution in [-0.2, 0) is 6.54 Å². The molecule has 0 aliphatic heterocycles. The number of nitrogens with zero attached hydrogens (tertiary/aromatic N) is 2. The number of carbonyl (C=O) groups excluding carboxylic acids is 1. The molecule has 5 heteroatoms. The van der Waals surface area contributed by atoms with Gasteiger partial charge in [-0.15, -0.1) is 10.2 Å². The van der Waals surface area contributed by atoms with Gasteiger partial charge in [0.15, 0.2) is 5.69 Å². The maximum Gasteiger partial charge on any atom is 0.272 e. The fourth-order valence-corrected chi connectivity index (χ4v) is 1.93. The minimum absolute atomic E-state index is 0.217. The second-order valence-electron chi connectivity index (χ2n) is 5.69. The first-order valence-corrected chi connectivity index (χ1v) is 7.46. The lowest BCUT2D eigenvalue weighted by Crippen LogP contribution is -2.24. The molecule has 0 spiro atoms. The van der Waals surface area contributed by atoms with E-state index in [4.69, 9.17) is 0 Å². The smallest absolute Gasteiger partial charge is 0.272 e.